The number of hydrogen-bond acceptors (Lipinski definition) is 2. The lowest BCUT2D eigenvalue weighted by molar-refractivity contribution is 0.0910. The molecule has 17 heavy (non-hydrogen) atoms. The van der Waals surface area contributed by atoms with Gasteiger partial charge in [-0.15, -0.1) is 12.6 Å². The second-order valence-electron chi connectivity index (χ2n) is 4.89. The van der Waals surface area contributed by atoms with Gasteiger partial charge < -0.3 is 5.32 Å². The summed E-state index contributed by atoms with van der Waals surface area (Å²) >= 11 is 4.21. The van der Waals surface area contributed by atoms with Gasteiger partial charge in [-0.25, -0.2) is 0 Å². The Bertz CT molecular complexity index is 388. The molecule has 2 atom stereocenters. The van der Waals surface area contributed by atoms with Crippen LogP contribution >= 0.6 is 12.6 Å². The molecule has 0 saturated heterocycles. The summed E-state index contributed by atoms with van der Waals surface area (Å²) in [7, 11) is 0. The van der Waals surface area contributed by atoms with Gasteiger partial charge in [-0.05, 0) is 43.0 Å². The summed E-state index contributed by atoms with van der Waals surface area (Å²) in [5.74, 6) is 0.633. The van der Waals surface area contributed by atoms with Crippen molar-refractivity contribution in [2.24, 2.45) is 5.92 Å². The molecule has 92 valence electrons. The van der Waals surface area contributed by atoms with Crippen LogP contribution < -0.4 is 5.32 Å². The molecule has 1 aromatic carbocycles. The number of benzene rings is 1. The fourth-order valence-electron chi connectivity index (χ4n) is 2.40. The summed E-state index contributed by atoms with van der Waals surface area (Å²) in [5, 5.41) is 3.14. The van der Waals surface area contributed by atoms with Gasteiger partial charge in [0.1, 0.15) is 0 Å². The van der Waals surface area contributed by atoms with Crippen molar-refractivity contribution >= 4 is 18.5 Å². The van der Waals surface area contributed by atoms with Crippen molar-refractivity contribution in [2.75, 3.05) is 0 Å². The van der Waals surface area contributed by atoms with E-state index < -0.39 is 0 Å². The predicted molar refractivity (Wildman–Crippen MR) is 72.6 cm³/mol. The molecule has 0 radical (unpaired) electrons. The highest BCUT2D eigenvalue weighted by Crippen LogP contribution is 2.24. The van der Waals surface area contributed by atoms with Gasteiger partial charge in [0.2, 0.25) is 0 Å². The number of rotatable bonds is 2. The summed E-state index contributed by atoms with van der Waals surface area (Å²) < 4.78 is 0. The summed E-state index contributed by atoms with van der Waals surface area (Å²) in [6, 6.07) is 7.69. The Balaban J connectivity index is 1.98. The molecule has 1 amide bonds. The molecule has 0 heterocycles. The first-order valence-corrected chi connectivity index (χ1v) is 6.71. The summed E-state index contributed by atoms with van der Waals surface area (Å²) in [6.07, 6.45) is 4.85. The fraction of sp³-hybridized carbons (Fsp3) is 0.500. The Morgan fingerprint density at radius 1 is 1.24 bits per heavy atom. The highest BCUT2D eigenvalue weighted by molar-refractivity contribution is 7.80. The normalized spacial score (nSPS) is 24.4. The molecule has 1 aliphatic rings. The van der Waals surface area contributed by atoms with Crippen LogP contribution in [0.5, 0.6) is 0 Å². The third kappa shape index (κ3) is 3.25. The van der Waals surface area contributed by atoms with Crippen LogP contribution in [0.2, 0.25) is 0 Å². The van der Waals surface area contributed by atoms with Crippen LogP contribution in [0, 0.1) is 5.92 Å². The van der Waals surface area contributed by atoms with Crippen molar-refractivity contribution in [3.63, 3.8) is 0 Å². The Kier molecular flexibility index (Phi) is 4.11. The van der Waals surface area contributed by atoms with Gasteiger partial charge in [-0.1, -0.05) is 19.8 Å². The van der Waals surface area contributed by atoms with Crippen molar-refractivity contribution in [1.82, 2.24) is 5.32 Å². The minimum atomic E-state index is 0.0390. The summed E-state index contributed by atoms with van der Waals surface area (Å²) in [4.78, 5) is 12.9. The molecule has 2 rings (SSSR count). The molecule has 0 aliphatic heterocycles. The minimum Gasteiger partial charge on any atom is -0.349 e. The van der Waals surface area contributed by atoms with Crippen LogP contribution in [0.15, 0.2) is 29.2 Å². The second-order valence-corrected chi connectivity index (χ2v) is 5.40. The van der Waals surface area contributed by atoms with E-state index in [-0.39, 0.29) is 5.91 Å². The highest BCUT2D eigenvalue weighted by Gasteiger charge is 2.22. The maximum Gasteiger partial charge on any atom is 0.251 e. The molecule has 0 spiro atoms. The third-order valence-corrected chi connectivity index (χ3v) is 3.86. The van der Waals surface area contributed by atoms with Crippen LogP contribution in [-0.4, -0.2) is 11.9 Å². The van der Waals surface area contributed by atoms with Gasteiger partial charge >= 0.3 is 0 Å². The standard InChI is InChI=1S/C14H19NOS/c1-10-4-2-3-5-13(10)15-14(16)11-6-8-12(17)9-7-11/h6-10,13,17H,2-5H2,1H3,(H,15,16). The molecule has 0 bridgehead atoms. The quantitative estimate of drug-likeness (QED) is 0.774. The lowest BCUT2D eigenvalue weighted by atomic mass is 9.86. The SMILES string of the molecule is CC1CCCCC1NC(=O)c1ccc(S)cc1. The molecule has 2 nitrogen and oxygen atoms in total. The van der Waals surface area contributed by atoms with Crippen molar-refractivity contribution in [3.05, 3.63) is 29.8 Å². The van der Waals surface area contributed by atoms with Crippen molar-refractivity contribution < 1.29 is 4.79 Å². The molecular formula is C14H19NOS. The van der Waals surface area contributed by atoms with E-state index in [0.717, 1.165) is 16.9 Å². The first-order chi connectivity index (χ1) is 8.16. The molecule has 0 aromatic heterocycles. The Labute approximate surface area is 108 Å². The Hall–Kier alpha value is -0.960. The largest absolute Gasteiger partial charge is 0.349 e. The number of carbonyl (C=O) groups excluding carboxylic acids is 1. The van der Waals surface area contributed by atoms with E-state index in [9.17, 15) is 4.79 Å². The van der Waals surface area contributed by atoms with Crippen molar-refractivity contribution in [1.29, 1.82) is 0 Å². The van der Waals surface area contributed by atoms with Crippen molar-refractivity contribution in [3.8, 4) is 0 Å². The number of carbonyl (C=O) groups is 1. The van der Waals surface area contributed by atoms with Gasteiger partial charge in [-0.3, -0.25) is 4.79 Å². The van der Waals surface area contributed by atoms with Crippen LogP contribution in [0.3, 0.4) is 0 Å². The van der Waals surface area contributed by atoms with Crippen molar-refractivity contribution in [2.45, 2.75) is 43.5 Å². The zero-order chi connectivity index (χ0) is 12.3. The maximum atomic E-state index is 12.0. The maximum absolute atomic E-state index is 12.0. The monoisotopic (exact) mass is 249 g/mol. The van der Waals surface area contributed by atoms with E-state index in [0.29, 0.717) is 12.0 Å². The molecule has 1 aliphatic carbocycles. The first kappa shape index (κ1) is 12.5. The van der Waals surface area contributed by atoms with Gasteiger partial charge in [0.05, 0.1) is 0 Å². The average Bonchev–Trinajstić information content (AvgIpc) is 2.33. The minimum absolute atomic E-state index is 0.0390. The number of amides is 1. The molecule has 1 aromatic rings. The van der Waals surface area contributed by atoms with Crippen LogP contribution in [0.4, 0.5) is 0 Å². The predicted octanol–water partition coefficient (Wildman–Crippen LogP) is 3.28. The fourth-order valence-corrected chi connectivity index (χ4v) is 2.54. The van der Waals surface area contributed by atoms with Crippen LogP contribution in [-0.2, 0) is 0 Å². The number of hydrogen-bond donors (Lipinski definition) is 2. The summed E-state index contributed by atoms with van der Waals surface area (Å²) in [5.41, 5.74) is 0.723. The van der Waals surface area contributed by atoms with E-state index in [1.807, 2.05) is 24.3 Å². The zero-order valence-electron chi connectivity index (χ0n) is 10.1. The zero-order valence-corrected chi connectivity index (χ0v) is 11.0. The Morgan fingerprint density at radius 3 is 2.53 bits per heavy atom. The molecule has 1 N–H and O–H groups in total. The second kappa shape index (κ2) is 5.58. The van der Waals surface area contributed by atoms with Crippen LogP contribution in [0.1, 0.15) is 43.0 Å². The Morgan fingerprint density at radius 2 is 1.88 bits per heavy atom. The van der Waals surface area contributed by atoms with Gasteiger partial charge in [0, 0.05) is 16.5 Å². The third-order valence-electron chi connectivity index (χ3n) is 3.56. The molecule has 1 fully saturated rings. The number of nitrogens with one attached hydrogen (secondary N) is 1. The van der Waals surface area contributed by atoms with E-state index in [4.69, 9.17) is 0 Å². The number of thiol groups is 1. The van der Waals surface area contributed by atoms with E-state index in [1.165, 1.54) is 19.3 Å². The lowest BCUT2D eigenvalue weighted by Gasteiger charge is -2.29. The van der Waals surface area contributed by atoms with Gasteiger partial charge in [-0.2, -0.15) is 0 Å². The molecule has 2 unspecified atom stereocenters. The van der Waals surface area contributed by atoms with Crippen LogP contribution in [0.25, 0.3) is 0 Å². The van der Waals surface area contributed by atoms with E-state index in [2.05, 4.69) is 24.9 Å². The topological polar surface area (TPSA) is 29.1 Å². The molecule has 1 saturated carbocycles. The smallest absolute Gasteiger partial charge is 0.251 e. The summed E-state index contributed by atoms with van der Waals surface area (Å²) in [6.45, 7) is 2.22. The highest BCUT2D eigenvalue weighted by atomic mass is 32.1. The van der Waals surface area contributed by atoms with E-state index >= 15 is 0 Å². The van der Waals surface area contributed by atoms with Gasteiger partial charge in [0.15, 0.2) is 0 Å². The average molecular weight is 249 g/mol. The lowest BCUT2D eigenvalue weighted by Crippen LogP contribution is -2.41. The van der Waals surface area contributed by atoms with E-state index in [1.54, 1.807) is 0 Å². The first-order valence-electron chi connectivity index (χ1n) is 6.26. The molecular weight excluding hydrogens is 230 g/mol. The molecule has 3 heteroatoms. The van der Waals surface area contributed by atoms with Gasteiger partial charge in [0.25, 0.3) is 5.91 Å².